The molecule has 1 saturated heterocycles. The zero-order valence-electron chi connectivity index (χ0n) is 19.6. The van der Waals surface area contributed by atoms with E-state index < -0.39 is 23.3 Å². The number of benzene rings is 2. The van der Waals surface area contributed by atoms with Gasteiger partial charge in [0.25, 0.3) is 0 Å². The molecule has 182 valence electrons. The molecule has 34 heavy (non-hydrogen) atoms. The van der Waals surface area contributed by atoms with Crippen molar-refractivity contribution in [3.8, 4) is 11.1 Å². The van der Waals surface area contributed by atoms with Gasteiger partial charge in [0.2, 0.25) is 0 Å². The van der Waals surface area contributed by atoms with Gasteiger partial charge in [-0.3, -0.25) is 0 Å². The van der Waals surface area contributed by atoms with E-state index in [1.165, 1.54) is 37.8 Å². The zero-order chi connectivity index (χ0) is 23.8. The first-order valence-corrected chi connectivity index (χ1v) is 12.6. The second-order valence-electron chi connectivity index (χ2n) is 10.6. The van der Waals surface area contributed by atoms with Crippen LogP contribution in [0.25, 0.3) is 16.7 Å². The lowest BCUT2D eigenvalue weighted by Gasteiger charge is -2.37. The van der Waals surface area contributed by atoms with Crippen LogP contribution in [0.5, 0.6) is 0 Å². The summed E-state index contributed by atoms with van der Waals surface area (Å²) in [6, 6.07) is 6.34. The molecule has 5 heteroatoms. The van der Waals surface area contributed by atoms with Crippen molar-refractivity contribution < 1.29 is 22.3 Å². The predicted octanol–water partition coefficient (Wildman–Crippen LogP) is 8.32. The summed E-state index contributed by atoms with van der Waals surface area (Å²) in [5.74, 6) is -1.85. The average Bonchev–Trinajstić information content (AvgIpc) is 3.28. The Kier molecular flexibility index (Phi) is 6.83. The molecule has 2 aromatic rings. The van der Waals surface area contributed by atoms with Crippen molar-refractivity contribution in [2.45, 2.75) is 64.4 Å². The van der Waals surface area contributed by atoms with Crippen LogP contribution in [-0.4, -0.2) is 12.7 Å². The van der Waals surface area contributed by atoms with Crippen molar-refractivity contribution in [3.63, 3.8) is 0 Å². The highest BCUT2D eigenvalue weighted by Gasteiger charge is 2.35. The quantitative estimate of drug-likeness (QED) is 0.321. The highest BCUT2D eigenvalue weighted by atomic mass is 19.2. The number of halogens is 4. The Morgan fingerprint density at radius 3 is 2.09 bits per heavy atom. The third-order valence-electron chi connectivity index (χ3n) is 8.36. The third kappa shape index (κ3) is 4.82. The number of allylic oxidation sites excluding steroid dienone is 2. The largest absolute Gasteiger partial charge is 0.378 e. The van der Waals surface area contributed by atoms with Crippen LogP contribution >= 0.6 is 0 Å². The lowest BCUT2D eigenvalue weighted by Crippen LogP contribution is -2.35. The fraction of sp³-hybridized carbons (Fsp3) is 0.517. The second kappa shape index (κ2) is 9.85. The minimum Gasteiger partial charge on any atom is -0.378 e. The van der Waals surface area contributed by atoms with Crippen molar-refractivity contribution in [1.82, 2.24) is 0 Å². The molecule has 1 aliphatic heterocycles. The summed E-state index contributed by atoms with van der Waals surface area (Å²) in [4.78, 5) is 0. The molecule has 0 aromatic heterocycles. The van der Waals surface area contributed by atoms with Crippen LogP contribution in [0.2, 0.25) is 0 Å². The Morgan fingerprint density at radius 1 is 0.765 bits per heavy atom. The maximum Gasteiger partial charge on any atom is 0.194 e. The molecular weight excluding hydrogens is 440 g/mol. The molecule has 0 spiro atoms. The van der Waals surface area contributed by atoms with Gasteiger partial charge in [-0.1, -0.05) is 31.6 Å². The van der Waals surface area contributed by atoms with Gasteiger partial charge in [-0.15, -0.1) is 0 Å². The van der Waals surface area contributed by atoms with Crippen molar-refractivity contribution in [2.24, 2.45) is 23.7 Å². The van der Waals surface area contributed by atoms with Gasteiger partial charge in [-0.2, -0.15) is 0 Å². The first kappa shape index (κ1) is 23.6. The topological polar surface area (TPSA) is 9.23 Å². The highest BCUT2D eigenvalue weighted by Crippen LogP contribution is 2.42. The normalized spacial score (nSPS) is 29.8. The van der Waals surface area contributed by atoms with Gasteiger partial charge in [0, 0.05) is 5.56 Å². The van der Waals surface area contributed by atoms with Crippen LogP contribution in [-0.2, 0) is 4.74 Å². The van der Waals surface area contributed by atoms with E-state index in [9.17, 15) is 17.6 Å². The Morgan fingerprint density at radius 2 is 1.50 bits per heavy atom. The molecule has 0 radical (unpaired) electrons. The summed E-state index contributed by atoms with van der Waals surface area (Å²) in [5.41, 5.74) is 1.91. The van der Waals surface area contributed by atoms with E-state index in [1.807, 2.05) is 0 Å². The van der Waals surface area contributed by atoms with E-state index in [0.717, 1.165) is 73.3 Å². The first-order valence-electron chi connectivity index (χ1n) is 12.6. The van der Waals surface area contributed by atoms with E-state index in [0.29, 0.717) is 12.0 Å². The van der Waals surface area contributed by atoms with Crippen LogP contribution in [0, 0.1) is 46.9 Å². The van der Waals surface area contributed by atoms with Crippen molar-refractivity contribution in [3.05, 3.63) is 65.2 Å². The van der Waals surface area contributed by atoms with Crippen LogP contribution in [0.3, 0.4) is 0 Å². The minimum absolute atomic E-state index is 0.0158. The second-order valence-corrected chi connectivity index (χ2v) is 10.6. The number of rotatable bonds is 4. The van der Waals surface area contributed by atoms with Crippen LogP contribution in [0.4, 0.5) is 17.6 Å². The van der Waals surface area contributed by atoms with Gasteiger partial charge >= 0.3 is 0 Å². The molecule has 5 rings (SSSR count). The summed E-state index contributed by atoms with van der Waals surface area (Å²) < 4.78 is 61.6. The summed E-state index contributed by atoms with van der Waals surface area (Å²) in [6.45, 7) is 3.26. The molecular formula is C29H32F4O. The SMILES string of the molecule is CC1CCC(C2CCC(C3CC=C(c4ccc(-c5cc(F)c(F)c(F)c5)c(F)c4)CC3)OC2)C1. The van der Waals surface area contributed by atoms with Gasteiger partial charge in [0.15, 0.2) is 17.5 Å². The van der Waals surface area contributed by atoms with E-state index in [-0.39, 0.29) is 11.1 Å². The maximum atomic E-state index is 14.8. The molecule has 5 atom stereocenters. The molecule has 0 amide bonds. The zero-order valence-corrected chi connectivity index (χ0v) is 19.6. The Bertz CT molecular complexity index is 1050. The molecule has 0 N–H and O–H groups in total. The van der Waals surface area contributed by atoms with Crippen molar-refractivity contribution in [2.75, 3.05) is 6.61 Å². The molecule has 2 aromatic carbocycles. The average molecular weight is 473 g/mol. The van der Waals surface area contributed by atoms with Crippen LogP contribution < -0.4 is 0 Å². The van der Waals surface area contributed by atoms with Crippen molar-refractivity contribution in [1.29, 1.82) is 0 Å². The lowest BCUT2D eigenvalue weighted by atomic mass is 9.78. The van der Waals surface area contributed by atoms with Gasteiger partial charge in [-0.25, -0.2) is 17.6 Å². The highest BCUT2D eigenvalue weighted by molar-refractivity contribution is 5.71. The van der Waals surface area contributed by atoms with E-state index in [1.54, 1.807) is 6.07 Å². The summed E-state index contributed by atoms with van der Waals surface area (Å²) in [6.07, 6.45) is 11.8. The van der Waals surface area contributed by atoms with E-state index >= 15 is 0 Å². The fourth-order valence-corrected chi connectivity index (χ4v) is 6.33. The first-order chi connectivity index (χ1) is 16.4. The standard InChI is InChI=1S/C29H32F4O/c1-17-2-3-20(12-17)22-9-11-28(34-16-22)19-6-4-18(5-7-19)21-8-10-24(25(30)13-21)23-14-26(31)29(33)27(32)15-23/h4,8,10,13-15,17,19-20,22,28H,2-3,5-7,9,11-12,16H2,1H3. The summed E-state index contributed by atoms with van der Waals surface area (Å²) in [7, 11) is 0. The van der Waals surface area contributed by atoms with Crippen molar-refractivity contribution >= 4 is 5.57 Å². The van der Waals surface area contributed by atoms with Crippen LogP contribution in [0.1, 0.15) is 63.9 Å². The Hall–Kier alpha value is -2.14. The van der Waals surface area contributed by atoms with Gasteiger partial charge < -0.3 is 4.74 Å². The number of ether oxygens (including phenoxy) is 1. The summed E-state index contributed by atoms with van der Waals surface area (Å²) >= 11 is 0. The molecule has 2 fully saturated rings. The smallest absolute Gasteiger partial charge is 0.194 e. The van der Waals surface area contributed by atoms with E-state index in [4.69, 9.17) is 4.74 Å². The van der Waals surface area contributed by atoms with Crippen LogP contribution in [0.15, 0.2) is 36.4 Å². The van der Waals surface area contributed by atoms with Gasteiger partial charge in [0.1, 0.15) is 5.82 Å². The van der Waals surface area contributed by atoms with Gasteiger partial charge in [0.05, 0.1) is 12.7 Å². The van der Waals surface area contributed by atoms with Gasteiger partial charge in [-0.05, 0) is 104 Å². The molecule has 1 heterocycles. The minimum atomic E-state index is -1.55. The molecule has 1 saturated carbocycles. The monoisotopic (exact) mass is 472 g/mol. The number of hydrogen-bond acceptors (Lipinski definition) is 1. The lowest BCUT2D eigenvalue weighted by molar-refractivity contribution is -0.0612. The Balaban J connectivity index is 1.21. The third-order valence-corrected chi connectivity index (χ3v) is 8.36. The molecule has 2 aliphatic carbocycles. The Labute approximate surface area is 199 Å². The maximum absolute atomic E-state index is 14.8. The molecule has 3 aliphatic rings. The summed E-state index contributed by atoms with van der Waals surface area (Å²) in [5, 5.41) is 0. The van der Waals surface area contributed by atoms with E-state index in [2.05, 4.69) is 13.0 Å². The molecule has 0 bridgehead atoms. The molecule has 1 nitrogen and oxygen atoms in total. The number of hydrogen-bond donors (Lipinski definition) is 0. The molecule has 5 unspecified atom stereocenters. The fourth-order valence-electron chi connectivity index (χ4n) is 6.33. The predicted molar refractivity (Wildman–Crippen MR) is 126 cm³/mol.